The second kappa shape index (κ2) is 15.1. The molecule has 0 aliphatic carbocycles. The van der Waals surface area contributed by atoms with E-state index in [1.165, 1.54) is 101 Å². The van der Waals surface area contributed by atoms with Crippen LogP contribution in [0.5, 0.6) is 0 Å². The monoisotopic (exact) mass is 601 g/mol. The summed E-state index contributed by atoms with van der Waals surface area (Å²) < 4.78 is 30.0. The van der Waals surface area contributed by atoms with E-state index in [4.69, 9.17) is 0 Å². The molecule has 3 heterocycles. The fraction of sp³-hybridized carbons (Fsp3) is 0.714. The van der Waals surface area contributed by atoms with Crippen LogP contribution in [0.15, 0.2) is 26.2 Å². The van der Waals surface area contributed by atoms with Crippen LogP contribution in [0.2, 0.25) is 0 Å². The lowest BCUT2D eigenvalue weighted by atomic mass is 9.93. The zero-order chi connectivity index (χ0) is 25.1. The Hall–Kier alpha value is -0.370. The molecule has 1 atom stereocenters. The van der Waals surface area contributed by atoms with E-state index >= 15 is 0 Å². The number of unbranched alkanes of at least 4 members (excludes halogenated alkanes) is 12. The number of rotatable bonds is 18. The lowest BCUT2D eigenvalue weighted by molar-refractivity contribution is 0.409. The maximum absolute atomic E-state index is 13.7. The van der Waals surface area contributed by atoms with Crippen molar-refractivity contribution in [1.29, 1.82) is 0 Å². The summed E-state index contributed by atoms with van der Waals surface area (Å²) in [5.74, 6) is 0.424. The Bertz CT molecular complexity index is 982. The number of sulfonamides is 1. The minimum atomic E-state index is -3.51. The van der Waals surface area contributed by atoms with Crippen LogP contribution < -0.4 is 4.31 Å². The van der Waals surface area contributed by atoms with Gasteiger partial charge >= 0.3 is 0 Å². The first-order valence-electron chi connectivity index (χ1n) is 13.9. The molecule has 1 aliphatic rings. The fourth-order valence-corrected chi connectivity index (χ4v) is 10.2. The second-order valence-electron chi connectivity index (χ2n) is 10.1. The van der Waals surface area contributed by atoms with Gasteiger partial charge in [-0.1, -0.05) is 104 Å². The lowest BCUT2D eigenvalue weighted by Gasteiger charge is -2.32. The molecule has 0 radical (unpaired) electrons. The van der Waals surface area contributed by atoms with E-state index in [1.54, 1.807) is 21.7 Å². The number of anilines is 1. The molecule has 198 valence electrons. The summed E-state index contributed by atoms with van der Waals surface area (Å²) in [4.78, 5) is 2.49. The Kier molecular flexibility index (Phi) is 12.6. The van der Waals surface area contributed by atoms with Crippen LogP contribution in [-0.4, -0.2) is 15.0 Å². The van der Waals surface area contributed by atoms with E-state index < -0.39 is 10.0 Å². The predicted octanol–water partition coefficient (Wildman–Crippen LogP) is 10.6. The Morgan fingerprint density at radius 1 is 0.829 bits per heavy atom. The number of halogens is 1. The van der Waals surface area contributed by atoms with Gasteiger partial charge in [0.15, 0.2) is 0 Å². The zero-order valence-electron chi connectivity index (χ0n) is 21.7. The van der Waals surface area contributed by atoms with E-state index in [0.29, 0.717) is 17.4 Å². The van der Waals surface area contributed by atoms with E-state index in [2.05, 4.69) is 29.8 Å². The molecule has 7 heteroatoms. The minimum Gasteiger partial charge on any atom is -0.264 e. The number of thiophene rings is 2. The molecule has 0 bridgehead atoms. The lowest BCUT2D eigenvalue weighted by Crippen LogP contribution is -2.37. The van der Waals surface area contributed by atoms with Crippen LogP contribution in [-0.2, 0) is 10.0 Å². The Morgan fingerprint density at radius 3 is 1.94 bits per heavy atom. The summed E-state index contributed by atoms with van der Waals surface area (Å²) in [7, 11) is -3.51. The standard InChI is InChI=1S/C28H44BrNO2S3/c1-3-5-7-9-11-12-14-16-18-23(17-15-13-10-8-6-4-2)22-30-24-19-20-33-27(24)28-25(35(30,31)32)21-26(29)34-28/h19-21,23H,3-18,22H2,1-2H3. The van der Waals surface area contributed by atoms with E-state index in [1.807, 2.05) is 11.4 Å². The first-order valence-corrected chi connectivity index (χ1v) is 17.8. The van der Waals surface area contributed by atoms with Crippen LogP contribution >= 0.6 is 38.6 Å². The first kappa shape index (κ1) is 29.2. The Labute approximate surface area is 230 Å². The van der Waals surface area contributed by atoms with Crippen molar-refractivity contribution in [1.82, 2.24) is 0 Å². The Morgan fingerprint density at radius 2 is 1.37 bits per heavy atom. The molecule has 0 saturated heterocycles. The molecular formula is C28H44BrNO2S3. The Balaban J connectivity index is 1.62. The van der Waals surface area contributed by atoms with E-state index in [0.717, 1.165) is 32.1 Å². The smallest absolute Gasteiger partial charge is 0.264 e. The van der Waals surface area contributed by atoms with Gasteiger partial charge in [-0.3, -0.25) is 4.31 Å². The molecule has 2 aromatic rings. The fourth-order valence-electron chi connectivity index (χ4n) is 5.15. The maximum Gasteiger partial charge on any atom is 0.265 e. The third kappa shape index (κ3) is 8.31. The molecular weight excluding hydrogens is 558 g/mol. The van der Waals surface area contributed by atoms with Gasteiger partial charge in [-0.15, -0.1) is 22.7 Å². The summed E-state index contributed by atoms with van der Waals surface area (Å²) >= 11 is 6.71. The van der Waals surface area contributed by atoms with E-state index in [9.17, 15) is 8.42 Å². The molecule has 1 unspecified atom stereocenters. The van der Waals surface area contributed by atoms with Gasteiger partial charge in [-0.2, -0.15) is 0 Å². The second-order valence-corrected chi connectivity index (χ2v) is 15.3. The van der Waals surface area contributed by atoms with Crippen molar-refractivity contribution in [2.45, 2.75) is 121 Å². The average molecular weight is 603 g/mol. The molecule has 3 rings (SSSR count). The van der Waals surface area contributed by atoms with Gasteiger partial charge in [0.25, 0.3) is 10.0 Å². The van der Waals surface area contributed by atoms with Gasteiger partial charge in [0.05, 0.1) is 19.2 Å². The van der Waals surface area contributed by atoms with Crippen molar-refractivity contribution < 1.29 is 8.42 Å². The molecule has 2 aromatic heterocycles. The SMILES string of the molecule is CCCCCCCCCCC(CCCCCCCC)CN1c2ccsc2-c2sc(Br)cc2S1(=O)=O. The summed E-state index contributed by atoms with van der Waals surface area (Å²) in [6.07, 6.45) is 20.5. The van der Waals surface area contributed by atoms with E-state index in [-0.39, 0.29) is 0 Å². The highest BCUT2D eigenvalue weighted by molar-refractivity contribution is 9.11. The van der Waals surface area contributed by atoms with Gasteiger partial charge in [0.1, 0.15) is 4.90 Å². The topological polar surface area (TPSA) is 37.4 Å². The number of fused-ring (bicyclic) bond motifs is 3. The van der Waals surface area contributed by atoms with Crippen molar-refractivity contribution in [3.63, 3.8) is 0 Å². The predicted molar refractivity (Wildman–Crippen MR) is 159 cm³/mol. The van der Waals surface area contributed by atoms with Crippen LogP contribution in [0, 0.1) is 5.92 Å². The molecule has 0 N–H and O–H groups in total. The van der Waals surface area contributed by atoms with Crippen LogP contribution in [0.1, 0.15) is 117 Å². The molecule has 0 saturated carbocycles. The average Bonchev–Trinajstić information content (AvgIpc) is 3.47. The molecule has 0 aromatic carbocycles. The maximum atomic E-state index is 13.7. The van der Waals surface area contributed by atoms with Crippen molar-refractivity contribution in [2.75, 3.05) is 10.8 Å². The van der Waals surface area contributed by atoms with Gasteiger partial charge < -0.3 is 0 Å². The highest BCUT2D eigenvalue weighted by Gasteiger charge is 2.38. The highest BCUT2D eigenvalue weighted by Crippen LogP contribution is 2.51. The van der Waals surface area contributed by atoms with Crippen molar-refractivity contribution in [2.24, 2.45) is 5.92 Å². The zero-order valence-corrected chi connectivity index (χ0v) is 25.7. The summed E-state index contributed by atoms with van der Waals surface area (Å²) in [5.41, 5.74) is 0.890. The highest BCUT2D eigenvalue weighted by atomic mass is 79.9. The van der Waals surface area contributed by atoms with Gasteiger partial charge in [0, 0.05) is 6.54 Å². The largest absolute Gasteiger partial charge is 0.265 e. The quantitative estimate of drug-likeness (QED) is 0.159. The van der Waals surface area contributed by atoms with Gasteiger partial charge in [0.2, 0.25) is 0 Å². The third-order valence-corrected chi connectivity index (χ3v) is 11.9. The van der Waals surface area contributed by atoms with Crippen molar-refractivity contribution >= 4 is 54.3 Å². The number of hydrogen-bond donors (Lipinski definition) is 0. The molecule has 35 heavy (non-hydrogen) atoms. The van der Waals surface area contributed by atoms with Gasteiger partial charge in [-0.05, 0) is 52.2 Å². The normalized spacial score (nSPS) is 15.2. The molecule has 0 amide bonds. The van der Waals surface area contributed by atoms with Crippen molar-refractivity contribution in [3.8, 4) is 9.75 Å². The molecule has 0 spiro atoms. The number of hydrogen-bond acceptors (Lipinski definition) is 4. The molecule has 1 aliphatic heterocycles. The summed E-state index contributed by atoms with van der Waals surface area (Å²) in [6, 6.07) is 3.80. The van der Waals surface area contributed by atoms with Crippen LogP contribution in [0.4, 0.5) is 5.69 Å². The van der Waals surface area contributed by atoms with Crippen LogP contribution in [0.3, 0.4) is 0 Å². The summed E-state index contributed by atoms with van der Waals surface area (Å²) in [6.45, 7) is 5.14. The molecule has 3 nitrogen and oxygen atoms in total. The van der Waals surface area contributed by atoms with Gasteiger partial charge in [-0.25, -0.2) is 8.42 Å². The van der Waals surface area contributed by atoms with Crippen molar-refractivity contribution in [3.05, 3.63) is 21.3 Å². The minimum absolute atomic E-state index is 0.424. The summed E-state index contributed by atoms with van der Waals surface area (Å²) in [5, 5.41) is 2.04. The first-order chi connectivity index (χ1) is 17.0. The number of nitrogens with zero attached hydrogens (tertiary/aromatic N) is 1. The third-order valence-electron chi connectivity index (χ3n) is 7.21. The molecule has 0 fully saturated rings. The van der Waals surface area contributed by atoms with Crippen LogP contribution in [0.25, 0.3) is 9.75 Å².